The summed E-state index contributed by atoms with van der Waals surface area (Å²) in [6.45, 7) is 0.779. The predicted molar refractivity (Wildman–Crippen MR) is 88.7 cm³/mol. The third kappa shape index (κ3) is 3.74. The van der Waals surface area contributed by atoms with Crippen molar-refractivity contribution in [2.45, 2.75) is 24.7 Å². The van der Waals surface area contributed by atoms with Crippen molar-refractivity contribution in [1.82, 2.24) is 5.32 Å². The van der Waals surface area contributed by atoms with E-state index in [2.05, 4.69) is 29.6 Å². The highest BCUT2D eigenvalue weighted by atomic mass is 16.2. The Morgan fingerprint density at radius 1 is 0.909 bits per heavy atom. The molecule has 0 aromatic heterocycles. The largest absolute Gasteiger partial charge is 0.396 e. The molecular formula is C19H23NO2. The van der Waals surface area contributed by atoms with Crippen molar-refractivity contribution in [3.63, 3.8) is 0 Å². The number of nitrogens with one attached hydrogen (secondary N) is 1. The van der Waals surface area contributed by atoms with Gasteiger partial charge >= 0.3 is 0 Å². The Labute approximate surface area is 132 Å². The number of aliphatic hydroxyl groups excluding tert-OH is 1. The maximum absolute atomic E-state index is 10.6. The summed E-state index contributed by atoms with van der Waals surface area (Å²) in [4.78, 5) is 10.6. The Bertz CT molecular complexity index is 515. The minimum Gasteiger partial charge on any atom is -0.396 e. The van der Waals surface area contributed by atoms with Gasteiger partial charge < -0.3 is 10.4 Å². The number of benzene rings is 2. The first-order valence-electron chi connectivity index (χ1n) is 7.72. The second kappa shape index (κ2) is 8.35. The minimum absolute atomic E-state index is 0.169. The van der Waals surface area contributed by atoms with E-state index in [0.29, 0.717) is 6.54 Å². The summed E-state index contributed by atoms with van der Waals surface area (Å²) in [5.41, 5.74) is 2.26. The normalized spacial score (nSPS) is 11.1. The van der Waals surface area contributed by atoms with Gasteiger partial charge in [0, 0.05) is 18.6 Å². The van der Waals surface area contributed by atoms with Gasteiger partial charge in [0.2, 0.25) is 6.41 Å². The lowest BCUT2D eigenvalue weighted by Crippen LogP contribution is -2.32. The van der Waals surface area contributed by atoms with E-state index < -0.39 is 0 Å². The van der Waals surface area contributed by atoms with E-state index in [-0.39, 0.29) is 12.0 Å². The van der Waals surface area contributed by atoms with E-state index in [4.69, 9.17) is 0 Å². The lowest BCUT2D eigenvalue weighted by atomic mass is 9.69. The molecule has 2 N–H and O–H groups in total. The molecule has 0 aliphatic heterocycles. The quantitative estimate of drug-likeness (QED) is 0.552. The summed E-state index contributed by atoms with van der Waals surface area (Å²) in [6, 6.07) is 20.7. The zero-order valence-corrected chi connectivity index (χ0v) is 12.7. The summed E-state index contributed by atoms with van der Waals surface area (Å²) < 4.78 is 0. The molecule has 116 valence electrons. The van der Waals surface area contributed by atoms with Gasteiger partial charge in [0.25, 0.3) is 0 Å². The molecule has 3 nitrogen and oxygen atoms in total. The molecule has 0 spiro atoms. The highest BCUT2D eigenvalue weighted by Crippen LogP contribution is 2.39. The first kappa shape index (κ1) is 16.2. The highest BCUT2D eigenvalue weighted by Gasteiger charge is 2.33. The summed E-state index contributed by atoms with van der Waals surface area (Å²) in [5.74, 6) is 0. The number of hydrogen-bond acceptors (Lipinski definition) is 2. The maximum Gasteiger partial charge on any atom is 0.207 e. The second-order valence-electron chi connectivity index (χ2n) is 5.46. The van der Waals surface area contributed by atoms with Gasteiger partial charge in [-0.2, -0.15) is 0 Å². The molecular weight excluding hydrogens is 274 g/mol. The third-order valence-electron chi connectivity index (χ3n) is 4.19. The van der Waals surface area contributed by atoms with Gasteiger partial charge in [-0.3, -0.25) is 4.79 Å². The molecule has 1 amide bonds. The SMILES string of the molecule is O=CNCCC(CCCO)(c1ccccc1)c1ccccc1. The van der Waals surface area contributed by atoms with Crippen molar-refractivity contribution in [1.29, 1.82) is 0 Å². The molecule has 2 aromatic carbocycles. The first-order chi connectivity index (χ1) is 10.8. The Morgan fingerprint density at radius 3 is 1.91 bits per heavy atom. The molecule has 2 rings (SSSR count). The van der Waals surface area contributed by atoms with Crippen molar-refractivity contribution in [2.24, 2.45) is 0 Å². The third-order valence-corrected chi connectivity index (χ3v) is 4.19. The van der Waals surface area contributed by atoms with Crippen LogP contribution in [0.5, 0.6) is 0 Å². The van der Waals surface area contributed by atoms with Crippen molar-refractivity contribution >= 4 is 6.41 Å². The van der Waals surface area contributed by atoms with Crippen LogP contribution < -0.4 is 5.32 Å². The minimum atomic E-state index is -0.193. The fourth-order valence-electron chi connectivity index (χ4n) is 3.11. The Hall–Kier alpha value is -2.13. The van der Waals surface area contributed by atoms with Crippen LogP contribution in [0.3, 0.4) is 0 Å². The van der Waals surface area contributed by atoms with Crippen LogP contribution in [-0.2, 0) is 10.2 Å². The van der Waals surface area contributed by atoms with Crippen molar-refractivity contribution in [3.05, 3.63) is 71.8 Å². The van der Waals surface area contributed by atoms with Gasteiger partial charge in [-0.05, 0) is 30.4 Å². The first-order valence-corrected chi connectivity index (χ1v) is 7.72. The number of aliphatic hydroxyl groups is 1. The summed E-state index contributed by atoms with van der Waals surface area (Å²) in [5, 5.41) is 12.1. The Balaban J connectivity index is 2.45. The standard InChI is InChI=1S/C19H23NO2/c21-15-7-12-19(13-14-20-16-22,17-8-3-1-4-9-17)18-10-5-2-6-11-18/h1-6,8-11,16,21H,7,12-15H2,(H,20,22). The summed E-state index contributed by atoms with van der Waals surface area (Å²) >= 11 is 0. The molecule has 0 aliphatic carbocycles. The van der Waals surface area contributed by atoms with Crippen LogP contribution in [0, 0.1) is 0 Å². The van der Waals surface area contributed by atoms with Crippen LogP contribution in [0.4, 0.5) is 0 Å². The van der Waals surface area contributed by atoms with Gasteiger partial charge in [0.05, 0.1) is 0 Å². The topological polar surface area (TPSA) is 49.3 Å². The van der Waals surface area contributed by atoms with Crippen LogP contribution >= 0.6 is 0 Å². The number of hydrogen-bond donors (Lipinski definition) is 2. The van der Waals surface area contributed by atoms with E-state index in [9.17, 15) is 9.90 Å². The van der Waals surface area contributed by atoms with Crippen LogP contribution in [0.2, 0.25) is 0 Å². The van der Waals surface area contributed by atoms with E-state index in [1.165, 1.54) is 11.1 Å². The number of amides is 1. The van der Waals surface area contributed by atoms with E-state index in [1.54, 1.807) is 0 Å². The predicted octanol–water partition coefficient (Wildman–Crippen LogP) is 2.88. The number of carbonyl (C=O) groups excluding carboxylic acids is 1. The van der Waals surface area contributed by atoms with Gasteiger partial charge in [-0.1, -0.05) is 60.7 Å². The summed E-state index contributed by atoms with van der Waals surface area (Å²) in [7, 11) is 0. The van der Waals surface area contributed by atoms with E-state index in [1.807, 2.05) is 36.4 Å². The number of carbonyl (C=O) groups is 1. The second-order valence-corrected chi connectivity index (χ2v) is 5.46. The highest BCUT2D eigenvalue weighted by molar-refractivity contribution is 5.46. The van der Waals surface area contributed by atoms with Crippen LogP contribution in [0.15, 0.2) is 60.7 Å². The molecule has 0 aliphatic rings. The lowest BCUT2D eigenvalue weighted by Gasteiger charge is -2.35. The molecule has 0 atom stereocenters. The molecule has 22 heavy (non-hydrogen) atoms. The summed E-state index contributed by atoms with van der Waals surface area (Å²) in [6.07, 6.45) is 3.12. The average molecular weight is 297 g/mol. The molecule has 0 fully saturated rings. The van der Waals surface area contributed by atoms with Crippen LogP contribution in [0.25, 0.3) is 0 Å². The Kier molecular flexibility index (Phi) is 6.16. The molecule has 0 bridgehead atoms. The fourth-order valence-corrected chi connectivity index (χ4v) is 3.11. The smallest absolute Gasteiger partial charge is 0.207 e. The molecule has 0 saturated heterocycles. The average Bonchev–Trinajstić information content (AvgIpc) is 2.60. The van der Waals surface area contributed by atoms with Gasteiger partial charge in [0.1, 0.15) is 0 Å². The van der Waals surface area contributed by atoms with Crippen LogP contribution in [0.1, 0.15) is 30.4 Å². The van der Waals surface area contributed by atoms with Crippen molar-refractivity contribution in [2.75, 3.05) is 13.2 Å². The fraction of sp³-hybridized carbons (Fsp3) is 0.316. The molecule has 0 saturated carbocycles. The van der Waals surface area contributed by atoms with Crippen molar-refractivity contribution in [3.8, 4) is 0 Å². The molecule has 0 heterocycles. The van der Waals surface area contributed by atoms with Gasteiger partial charge in [-0.25, -0.2) is 0 Å². The molecule has 2 aromatic rings. The zero-order valence-electron chi connectivity index (χ0n) is 12.7. The van der Waals surface area contributed by atoms with E-state index in [0.717, 1.165) is 25.7 Å². The molecule has 0 radical (unpaired) electrons. The molecule has 0 unspecified atom stereocenters. The Morgan fingerprint density at radius 2 is 1.45 bits per heavy atom. The van der Waals surface area contributed by atoms with Gasteiger partial charge in [0.15, 0.2) is 0 Å². The molecule has 3 heteroatoms. The number of rotatable bonds is 9. The maximum atomic E-state index is 10.6. The van der Waals surface area contributed by atoms with Gasteiger partial charge in [-0.15, -0.1) is 0 Å². The van der Waals surface area contributed by atoms with Crippen LogP contribution in [-0.4, -0.2) is 24.7 Å². The lowest BCUT2D eigenvalue weighted by molar-refractivity contribution is -0.109. The zero-order chi connectivity index (χ0) is 15.7. The van der Waals surface area contributed by atoms with Crippen molar-refractivity contribution < 1.29 is 9.90 Å². The van der Waals surface area contributed by atoms with E-state index >= 15 is 0 Å². The monoisotopic (exact) mass is 297 g/mol.